The maximum Gasteiger partial charge on any atom is 0.227 e. The van der Waals surface area contributed by atoms with Crippen LogP contribution in [0.15, 0.2) is 42.5 Å². The first-order valence-corrected chi connectivity index (χ1v) is 9.54. The number of ether oxygens (including phenoxy) is 1. The molecule has 0 aromatic heterocycles. The van der Waals surface area contributed by atoms with E-state index in [-0.39, 0.29) is 24.7 Å². The van der Waals surface area contributed by atoms with Gasteiger partial charge in [0.1, 0.15) is 5.75 Å². The number of rotatable bonds is 7. The zero-order valence-electron chi connectivity index (χ0n) is 14.3. The molecule has 25 heavy (non-hydrogen) atoms. The smallest absolute Gasteiger partial charge is 0.227 e. The Kier molecular flexibility index (Phi) is 6.17. The highest BCUT2D eigenvalue weighted by molar-refractivity contribution is 7.88. The van der Waals surface area contributed by atoms with Crippen molar-refractivity contribution < 1.29 is 17.9 Å². The average molecular weight is 362 g/mol. The maximum absolute atomic E-state index is 12.0. The van der Waals surface area contributed by atoms with Gasteiger partial charge in [-0.1, -0.05) is 24.3 Å². The van der Waals surface area contributed by atoms with Gasteiger partial charge in [0.25, 0.3) is 0 Å². The van der Waals surface area contributed by atoms with Crippen molar-refractivity contribution in [1.82, 2.24) is 0 Å². The fourth-order valence-corrected chi connectivity index (χ4v) is 2.93. The number of nitrogens with one attached hydrogen (secondary N) is 1. The third kappa shape index (κ3) is 6.21. The number of sulfonamides is 1. The van der Waals surface area contributed by atoms with E-state index in [1.54, 1.807) is 24.3 Å². The van der Waals surface area contributed by atoms with Gasteiger partial charge < -0.3 is 10.1 Å². The second kappa shape index (κ2) is 8.13. The van der Waals surface area contributed by atoms with E-state index in [1.807, 2.05) is 32.0 Å². The van der Waals surface area contributed by atoms with Crippen LogP contribution in [0.3, 0.4) is 0 Å². The number of benzene rings is 2. The zero-order chi connectivity index (χ0) is 18.4. The molecule has 0 unspecified atom stereocenters. The Morgan fingerprint density at radius 1 is 1.12 bits per heavy atom. The first kappa shape index (κ1) is 19.0. The molecule has 6 nitrogen and oxygen atoms in total. The molecule has 0 aliphatic rings. The van der Waals surface area contributed by atoms with E-state index in [9.17, 15) is 13.2 Å². The van der Waals surface area contributed by atoms with Gasteiger partial charge in [-0.3, -0.25) is 4.79 Å². The number of aryl methyl sites for hydroxylation is 1. The third-order valence-corrected chi connectivity index (χ3v) is 4.48. The minimum atomic E-state index is -3.56. The van der Waals surface area contributed by atoms with E-state index in [0.29, 0.717) is 11.3 Å². The molecule has 2 rings (SSSR count). The quantitative estimate of drug-likeness (QED) is 0.790. The van der Waals surface area contributed by atoms with Crippen molar-refractivity contribution in [3.63, 3.8) is 0 Å². The van der Waals surface area contributed by atoms with Crippen molar-refractivity contribution in [3.05, 3.63) is 59.2 Å². The van der Waals surface area contributed by atoms with Gasteiger partial charge in [-0.2, -0.15) is 0 Å². The van der Waals surface area contributed by atoms with Gasteiger partial charge in [-0.15, -0.1) is 0 Å². The molecule has 0 aliphatic carbocycles. The molecule has 0 atom stereocenters. The number of nitrogens with two attached hydrogens (primary N) is 1. The fourth-order valence-electron chi connectivity index (χ4n) is 2.27. The van der Waals surface area contributed by atoms with Gasteiger partial charge >= 0.3 is 0 Å². The molecule has 134 valence electrons. The minimum absolute atomic E-state index is 0.176. The van der Waals surface area contributed by atoms with Gasteiger partial charge in [0.05, 0.1) is 18.8 Å². The lowest BCUT2D eigenvalue weighted by Gasteiger charge is -2.11. The predicted molar refractivity (Wildman–Crippen MR) is 97.9 cm³/mol. The van der Waals surface area contributed by atoms with Crippen LogP contribution in [0.2, 0.25) is 0 Å². The summed E-state index contributed by atoms with van der Waals surface area (Å²) in [5.74, 6) is 0.370. The molecule has 0 aliphatic heterocycles. The van der Waals surface area contributed by atoms with E-state index in [4.69, 9.17) is 9.88 Å². The highest BCUT2D eigenvalue weighted by atomic mass is 32.2. The van der Waals surface area contributed by atoms with Crippen LogP contribution in [0.25, 0.3) is 0 Å². The Morgan fingerprint density at radius 3 is 2.44 bits per heavy atom. The molecule has 1 amide bonds. The van der Waals surface area contributed by atoms with Crippen LogP contribution in [-0.4, -0.2) is 20.9 Å². The lowest BCUT2D eigenvalue weighted by Crippen LogP contribution is -2.16. The van der Waals surface area contributed by atoms with Crippen LogP contribution in [-0.2, 0) is 20.6 Å². The van der Waals surface area contributed by atoms with E-state index in [1.165, 1.54) is 0 Å². The van der Waals surface area contributed by atoms with Crippen LogP contribution < -0.4 is 15.2 Å². The van der Waals surface area contributed by atoms with Gasteiger partial charge in [0.2, 0.25) is 15.9 Å². The molecule has 2 aromatic carbocycles. The maximum atomic E-state index is 12.0. The summed E-state index contributed by atoms with van der Waals surface area (Å²) in [5, 5.41) is 7.74. The van der Waals surface area contributed by atoms with Gasteiger partial charge in [0.15, 0.2) is 0 Å². The third-order valence-electron chi connectivity index (χ3n) is 3.75. The minimum Gasteiger partial charge on any atom is -0.493 e. The normalized spacial score (nSPS) is 11.2. The largest absolute Gasteiger partial charge is 0.493 e. The molecule has 0 fully saturated rings. The Bertz CT molecular complexity index is 846. The number of hydrogen-bond acceptors (Lipinski definition) is 4. The number of hydrogen-bond donors (Lipinski definition) is 2. The average Bonchev–Trinajstić information content (AvgIpc) is 2.52. The van der Waals surface area contributed by atoms with Gasteiger partial charge in [-0.05, 0) is 48.7 Å². The van der Waals surface area contributed by atoms with Crippen molar-refractivity contribution in [1.29, 1.82) is 0 Å². The molecule has 0 radical (unpaired) electrons. The van der Waals surface area contributed by atoms with Crippen LogP contribution in [0.5, 0.6) is 5.75 Å². The number of amides is 1. The van der Waals surface area contributed by atoms with Gasteiger partial charge in [0, 0.05) is 5.69 Å². The lowest BCUT2D eigenvalue weighted by atomic mass is 10.1. The highest BCUT2D eigenvalue weighted by Gasteiger charge is 2.07. The number of anilines is 1. The number of carbonyl (C=O) groups excluding carboxylic acids is 1. The summed E-state index contributed by atoms with van der Waals surface area (Å²) in [4.78, 5) is 12.0. The Hall–Kier alpha value is -2.38. The summed E-state index contributed by atoms with van der Waals surface area (Å²) in [5.41, 5.74) is 3.36. The summed E-state index contributed by atoms with van der Waals surface area (Å²) in [6.45, 7) is 4.27. The van der Waals surface area contributed by atoms with Crippen molar-refractivity contribution in [2.24, 2.45) is 5.14 Å². The van der Waals surface area contributed by atoms with E-state index in [0.717, 1.165) is 16.9 Å². The van der Waals surface area contributed by atoms with Crippen LogP contribution in [0.4, 0.5) is 5.69 Å². The predicted octanol–water partition coefficient (Wildman–Crippen LogP) is 2.50. The monoisotopic (exact) mass is 362 g/mol. The molecule has 0 bridgehead atoms. The van der Waals surface area contributed by atoms with Crippen LogP contribution >= 0.6 is 0 Å². The summed E-state index contributed by atoms with van der Waals surface area (Å²) in [7, 11) is -3.56. The molecule has 0 saturated heterocycles. The molecule has 0 heterocycles. The summed E-state index contributed by atoms with van der Waals surface area (Å²) in [6.07, 6.45) is 0.215. The van der Waals surface area contributed by atoms with E-state index >= 15 is 0 Å². The first-order valence-electron chi connectivity index (χ1n) is 7.83. The second-order valence-electron chi connectivity index (χ2n) is 5.85. The van der Waals surface area contributed by atoms with Crippen LogP contribution in [0.1, 0.15) is 23.1 Å². The molecule has 2 aromatic rings. The van der Waals surface area contributed by atoms with Crippen molar-refractivity contribution in [2.75, 3.05) is 11.9 Å². The van der Waals surface area contributed by atoms with E-state index in [2.05, 4.69) is 5.32 Å². The lowest BCUT2D eigenvalue weighted by molar-refractivity contribution is -0.116. The molecule has 7 heteroatoms. The Morgan fingerprint density at radius 2 is 1.80 bits per heavy atom. The molecule has 0 saturated carbocycles. The van der Waals surface area contributed by atoms with Gasteiger partial charge in [-0.25, -0.2) is 13.6 Å². The second-order valence-corrected chi connectivity index (χ2v) is 7.46. The first-order chi connectivity index (χ1) is 11.7. The topological polar surface area (TPSA) is 98.5 Å². The Labute approximate surface area is 148 Å². The highest BCUT2D eigenvalue weighted by Crippen LogP contribution is 2.20. The molecular weight excluding hydrogens is 340 g/mol. The standard InChI is InChI=1S/C18H22N2O4S/c1-13-4-3-5-17(14(13)2)24-11-10-18(21)20-16-8-6-15(7-9-16)12-25(19,22)23/h3-9H,10-12H2,1-2H3,(H,20,21)(H2,19,22,23). The Balaban J connectivity index is 1.83. The SMILES string of the molecule is Cc1cccc(OCCC(=O)Nc2ccc(CS(N)(=O)=O)cc2)c1C. The van der Waals surface area contributed by atoms with Crippen molar-refractivity contribution >= 4 is 21.6 Å². The van der Waals surface area contributed by atoms with Crippen LogP contribution in [0, 0.1) is 13.8 Å². The zero-order valence-corrected chi connectivity index (χ0v) is 15.1. The van der Waals surface area contributed by atoms with Crippen molar-refractivity contribution in [3.8, 4) is 5.75 Å². The van der Waals surface area contributed by atoms with Crippen molar-refractivity contribution in [2.45, 2.75) is 26.0 Å². The summed E-state index contributed by atoms with van der Waals surface area (Å²) in [6, 6.07) is 12.3. The van der Waals surface area contributed by atoms with E-state index < -0.39 is 10.0 Å². The fraction of sp³-hybridized carbons (Fsp3) is 0.278. The molecule has 3 N–H and O–H groups in total. The number of carbonyl (C=O) groups is 1. The summed E-state index contributed by atoms with van der Waals surface area (Å²) < 4.78 is 27.7. The summed E-state index contributed by atoms with van der Waals surface area (Å²) >= 11 is 0. The number of primary sulfonamides is 1. The molecular formula is C18H22N2O4S. The molecule has 0 spiro atoms.